The third-order valence-corrected chi connectivity index (χ3v) is 2.68. The minimum Gasteiger partial charge on any atom is -0.341 e. The Bertz CT molecular complexity index is 436. The van der Waals surface area contributed by atoms with E-state index in [9.17, 15) is 0 Å². The summed E-state index contributed by atoms with van der Waals surface area (Å²) in [5, 5.41) is 0. The summed E-state index contributed by atoms with van der Waals surface area (Å²) >= 11 is 1.83. The third-order valence-electron chi connectivity index (χ3n) is 2.07. The molecule has 4 heteroatoms. The highest BCUT2D eigenvalue weighted by Gasteiger charge is 2.02. The van der Waals surface area contributed by atoms with E-state index in [-0.39, 0.29) is 0 Å². The lowest BCUT2D eigenvalue weighted by Gasteiger charge is -1.90. The van der Waals surface area contributed by atoms with Gasteiger partial charge in [0.15, 0.2) is 5.65 Å². The molecule has 0 aliphatic carbocycles. The fourth-order valence-corrected chi connectivity index (χ4v) is 1.77. The van der Waals surface area contributed by atoms with Gasteiger partial charge in [-0.1, -0.05) is 0 Å². The Morgan fingerprint density at radius 3 is 3.14 bits per heavy atom. The Hall–Kier alpha value is -1.03. The topological polar surface area (TPSA) is 41.6 Å². The largest absolute Gasteiger partial charge is 0.341 e. The van der Waals surface area contributed by atoms with E-state index in [0.717, 1.165) is 34.7 Å². The third kappa shape index (κ3) is 1.90. The molecular formula is C10H13N3S. The second-order valence-corrected chi connectivity index (χ2v) is 4.30. The van der Waals surface area contributed by atoms with E-state index in [2.05, 4.69) is 27.3 Å². The van der Waals surface area contributed by atoms with Crippen LogP contribution in [-0.4, -0.2) is 27.0 Å². The SMILES string of the molecule is CSCCc1nc2ncc(C)cc2[nH]1. The van der Waals surface area contributed by atoms with Crippen LogP contribution in [0.2, 0.25) is 0 Å². The van der Waals surface area contributed by atoms with Gasteiger partial charge in [-0.05, 0) is 24.8 Å². The van der Waals surface area contributed by atoms with Crippen LogP contribution in [0.25, 0.3) is 11.2 Å². The Labute approximate surface area is 87.3 Å². The van der Waals surface area contributed by atoms with Gasteiger partial charge in [-0.2, -0.15) is 11.8 Å². The van der Waals surface area contributed by atoms with E-state index in [1.807, 2.05) is 24.9 Å². The number of nitrogens with one attached hydrogen (secondary N) is 1. The van der Waals surface area contributed by atoms with E-state index < -0.39 is 0 Å². The van der Waals surface area contributed by atoms with Gasteiger partial charge in [0.05, 0.1) is 5.52 Å². The Balaban J connectivity index is 2.32. The van der Waals surface area contributed by atoms with Crippen LogP contribution in [0.1, 0.15) is 11.4 Å². The number of rotatable bonds is 3. The predicted octanol–water partition coefficient (Wildman–Crippen LogP) is 2.17. The van der Waals surface area contributed by atoms with Gasteiger partial charge in [0.25, 0.3) is 0 Å². The number of thioether (sulfide) groups is 1. The summed E-state index contributed by atoms with van der Waals surface area (Å²) in [7, 11) is 0. The van der Waals surface area contributed by atoms with Gasteiger partial charge >= 0.3 is 0 Å². The smallest absolute Gasteiger partial charge is 0.177 e. The summed E-state index contributed by atoms with van der Waals surface area (Å²) in [5.41, 5.74) is 3.03. The van der Waals surface area contributed by atoms with E-state index in [1.54, 1.807) is 0 Å². The Kier molecular flexibility index (Phi) is 2.72. The predicted molar refractivity (Wildman–Crippen MR) is 60.7 cm³/mol. The number of aryl methyl sites for hydroxylation is 2. The molecule has 0 saturated carbocycles. The quantitative estimate of drug-likeness (QED) is 0.838. The van der Waals surface area contributed by atoms with Crippen LogP contribution >= 0.6 is 11.8 Å². The van der Waals surface area contributed by atoms with Crippen molar-refractivity contribution in [2.24, 2.45) is 0 Å². The molecule has 3 nitrogen and oxygen atoms in total. The molecule has 74 valence electrons. The molecule has 0 aliphatic heterocycles. The fraction of sp³-hybridized carbons (Fsp3) is 0.400. The molecule has 0 amide bonds. The first kappa shape index (κ1) is 9.52. The molecule has 2 heterocycles. The van der Waals surface area contributed by atoms with E-state index in [4.69, 9.17) is 0 Å². The van der Waals surface area contributed by atoms with Gasteiger partial charge in [-0.3, -0.25) is 0 Å². The standard InChI is InChI=1S/C10H13N3S/c1-7-5-8-10(11-6-7)13-9(12-8)3-4-14-2/h5-6H,3-4H2,1-2H3,(H,11,12,13). The number of nitrogens with zero attached hydrogens (tertiary/aromatic N) is 2. The Morgan fingerprint density at radius 1 is 1.50 bits per heavy atom. The lowest BCUT2D eigenvalue weighted by Crippen LogP contribution is -1.89. The monoisotopic (exact) mass is 207 g/mol. The van der Waals surface area contributed by atoms with Crippen molar-refractivity contribution in [3.63, 3.8) is 0 Å². The first-order chi connectivity index (χ1) is 6.79. The minimum atomic E-state index is 0.826. The molecule has 0 radical (unpaired) electrons. The molecule has 2 aromatic heterocycles. The van der Waals surface area contributed by atoms with Crippen LogP contribution in [0.4, 0.5) is 0 Å². The van der Waals surface area contributed by atoms with E-state index >= 15 is 0 Å². The van der Waals surface area contributed by atoms with Gasteiger partial charge in [0, 0.05) is 18.4 Å². The molecule has 0 fully saturated rings. The first-order valence-corrected chi connectivity index (χ1v) is 5.99. The van der Waals surface area contributed by atoms with Gasteiger partial charge < -0.3 is 4.98 Å². The molecular weight excluding hydrogens is 194 g/mol. The molecule has 2 rings (SSSR count). The molecule has 0 bridgehead atoms. The summed E-state index contributed by atoms with van der Waals surface area (Å²) in [4.78, 5) is 12.0. The molecule has 0 aliphatic rings. The van der Waals surface area contributed by atoms with Crippen molar-refractivity contribution in [2.75, 3.05) is 12.0 Å². The molecule has 0 aromatic carbocycles. The summed E-state index contributed by atoms with van der Waals surface area (Å²) in [5.74, 6) is 2.13. The zero-order chi connectivity index (χ0) is 9.97. The number of hydrogen-bond acceptors (Lipinski definition) is 3. The minimum absolute atomic E-state index is 0.826. The molecule has 0 unspecified atom stereocenters. The second kappa shape index (κ2) is 4.00. The van der Waals surface area contributed by atoms with Gasteiger partial charge in [-0.15, -0.1) is 0 Å². The summed E-state index contributed by atoms with van der Waals surface area (Å²) in [6, 6.07) is 2.08. The normalized spacial score (nSPS) is 11.0. The molecule has 0 spiro atoms. The first-order valence-electron chi connectivity index (χ1n) is 4.60. The van der Waals surface area contributed by atoms with Gasteiger partial charge in [0.2, 0.25) is 0 Å². The number of H-pyrrole nitrogens is 1. The number of pyridine rings is 1. The summed E-state index contributed by atoms with van der Waals surface area (Å²) in [6.07, 6.45) is 4.93. The number of aromatic amines is 1. The molecule has 1 N–H and O–H groups in total. The maximum atomic E-state index is 4.41. The number of imidazole rings is 1. The van der Waals surface area contributed by atoms with Crippen molar-refractivity contribution >= 4 is 22.9 Å². The lowest BCUT2D eigenvalue weighted by atomic mass is 10.3. The van der Waals surface area contributed by atoms with Crippen LogP contribution in [0.15, 0.2) is 12.3 Å². The molecule has 2 aromatic rings. The van der Waals surface area contributed by atoms with Crippen LogP contribution in [0.3, 0.4) is 0 Å². The average molecular weight is 207 g/mol. The van der Waals surface area contributed by atoms with E-state index in [0.29, 0.717) is 0 Å². The van der Waals surface area contributed by atoms with Crippen molar-refractivity contribution < 1.29 is 0 Å². The fourth-order valence-electron chi connectivity index (χ4n) is 1.37. The van der Waals surface area contributed by atoms with Crippen LogP contribution < -0.4 is 0 Å². The zero-order valence-corrected chi connectivity index (χ0v) is 9.19. The zero-order valence-electron chi connectivity index (χ0n) is 8.37. The van der Waals surface area contributed by atoms with Crippen LogP contribution in [0, 0.1) is 6.92 Å². The van der Waals surface area contributed by atoms with Gasteiger partial charge in [-0.25, -0.2) is 9.97 Å². The van der Waals surface area contributed by atoms with Crippen molar-refractivity contribution in [2.45, 2.75) is 13.3 Å². The van der Waals surface area contributed by atoms with E-state index in [1.165, 1.54) is 0 Å². The van der Waals surface area contributed by atoms with Crippen LogP contribution in [-0.2, 0) is 6.42 Å². The van der Waals surface area contributed by atoms with Crippen LogP contribution in [0.5, 0.6) is 0 Å². The molecule has 0 saturated heterocycles. The lowest BCUT2D eigenvalue weighted by molar-refractivity contribution is 1.01. The molecule has 0 atom stereocenters. The maximum Gasteiger partial charge on any atom is 0.177 e. The van der Waals surface area contributed by atoms with Crippen molar-refractivity contribution in [1.29, 1.82) is 0 Å². The second-order valence-electron chi connectivity index (χ2n) is 3.31. The highest BCUT2D eigenvalue weighted by molar-refractivity contribution is 7.98. The summed E-state index contributed by atoms with van der Waals surface area (Å²) in [6.45, 7) is 2.04. The number of aromatic nitrogens is 3. The number of fused-ring (bicyclic) bond motifs is 1. The maximum absolute atomic E-state index is 4.41. The van der Waals surface area contributed by atoms with Crippen molar-refractivity contribution in [3.8, 4) is 0 Å². The number of hydrogen-bond donors (Lipinski definition) is 1. The highest BCUT2D eigenvalue weighted by atomic mass is 32.2. The molecule has 14 heavy (non-hydrogen) atoms. The highest BCUT2D eigenvalue weighted by Crippen LogP contribution is 2.11. The van der Waals surface area contributed by atoms with Crippen molar-refractivity contribution in [1.82, 2.24) is 15.0 Å². The average Bonchev–Trinajstić information content (AvgIpc) is 2.56. The van der Waals surface area contributed by atoms with Crippen molar-refractivity contribution in [3.05, 3.63) is 23.7 Å². The summed E-state index contributed by atoms with van der Waals surface area (Å²) < 4.78 is 0. The van der Waals surface area contributed by atoms with Gasteiger partial charge in [0.1, 0.15) is 5.82 Å². The Morgan fingerprint density at radius 2 is 2.36 bits per heavy atom.